The largest absolute Gasteiger partial charge is 0.378 e. The first-order valence-electron chi connectivity index (χ1n) is 10.6. The van der Waals surface area contributed by atoms with Gasteiger partial charge in [-0.15, -0.1) is 11.3 Å². The second kappa shape index (κ2) is 7.33. The maximum absolute atomic E-state index is 13.3. The van der Waals surface area contributed by atoms with Crippen LogP contribution in [0.2, 0.25) is 0 Å². The van der Waals surface area contributed by atoms with E-state index in [-0.39, 0.29) is 11.6 Å². The van der Waals surface area contributed by atoms with Gasteiger partial charge >= 0.3 is 0 Å². The van der Waals surface area contributed by atoms with Crippen LogP contribution in [0.4, 0.5) is 11.8 Å². The van der Waals surface area contributed by atoms with E-state index in [9.17, 15) is 4.79 Å². The van der Waals surface area contributed by atoms with E-state index in [1.54, 1.807) is 0 Å². The molecule has 0 amide bonds. The molecule has 2 aromatic heterocycles. The van der Waals surface area contributed by atoms with E-state index in [0.717, 1.165) is 36.3 Å². The molecule has 3 atom stereocenters. The van der Waals surface area contributed by atoms with Crippen LogP contribution in [0.25, 0.3) is 20.8 Å². The number of rotatable bonds is 4. The zero-order valence-electron chi connectivity index (χ0n) is 16.6. The first-order chi connectivity index (χ1) is 14.7. The molecule has 2 aliphatic heterocycles. The van der Waals surface area contributed by atoms with Gasteiger partial charge in [0.25, 0.3) is 5.56 Å². The summed E-state index contributed by atoms with van der Waals surface area (Å²) in [6.45, 7) is 3.82. The van der Waals surface area contributed by atoms with Crippen molar-refractivity contribution in [3.05, 3.63) is 34.6 Å². The van der Waals surface area contributed by atoms with E-state index in [4.69, 9.17) is 14.7 Å². The van der Waals surface area contributed by atoms with Gasteiger partial charge in [0, 0.05) is 25.2 Å². The highest BCUT2D eigenvalue weighted by atomic mass is 32.1. The standard InChI is InChI=1S/C21H24N6O2S/c28-19-17(20-24-13-3-1-2-4-16(13)30-20)18(23-15-10-12-9-14(15)22-11-12)25-21(26-19)27-5-7-29-8-6-27/h1-4,12,14-15,22H,5-11H2,(H2,23,25,26,28). The number of H-pyrrole nitrogens is 1. The van der Waals surface area contributed by atoms with E-state index in [0.29, 0.717) is 47.5 Å². The Morgan fingerprint density at radius 3 is 2.80 bits per heavy atom. The fourth-order valence-corrected chi connectivity index (χ4v) is 5.87. The predicted octanol–water partition coefficient (Wildman–Crippen LogP) is 2.05. The molecule has 9 heteroatoms. The van der Waals surface area contributed by atoms with Crippen molar-refractivity contribution in [2.24, 2.45) is 5.92 Å². The van der Waals surface area contributed by atoms with Gasteiger partial charge in [0.1, 0.15) is 16.4 Å². The van der Waals surface area contributed by atoms with Crippen molar-refractivity contribution in [2.75, 3.05) is 43.1 Å². The summed E-state index contributed by atoms with van der Waals surface area (Å²) >= 11 is 1.53. The number of aromatic nitrogens is 3. The van der Waals surface area contributed by atoms with Crippen LogP contribution in [0, 0.1) is 5.92 Å². The molecule has 6 rings (SSSR count). The van der Waals surface area contributed by atoms with Crippen molar-refractivity contribution in [1.82, 2.24) is 20.3 Å². The Bertz CT molecular complexity index is 1100. The summed E-state index contributed by atoms with van der Waals surface area (Å²) in [6, 6.07) is 8.69. The number of hydrogen-bond acceptors (Lipinski definition) is 8. The van der Waals surface area contributed by atoms with E-state index in [1.165, 1.54) is 17.8 Å². The van der Waals surface area contributed by atoms with Gasteiger partial charge in [0.15, 0.2) is 0 Å². The highest BCUT2D eigenvalue weighted by molar-refractivity contribution is 7.21. The maximum atomic E-state index is 13.3. The van der Waals surface area contributed by atoms with E-state index < -0.39 is 0 Å². The van der Waals surface area contributed by atoms with Gasteiger partial charge in [-0.05, 0) is 37.4 Å². The minimum atomic E-state index is -0.149. The fraction of sp³-hybridized carbons (Fsp3) is 0.476. The molecule has 3 aliphatic rings. The van der Waals surface area contributed by atoms with Crippen molar-refractivity contribution < 1.29 is 4.74 Å². The monoisotopic (exact) mass is 424 g/mol. The number of thiazole rings is 1. The minimum absolute atomic E-state index is 0.149. The van der Waals surface area contributed by atoms with Crippen LogP contribution in [-0.4, -0.2) is 59.9 Å². The molecule has 1 aliphatic carbocycles. The number of piperidine rings is 1. The lowest BCUT2D eigenvalue weighted by atomic mass is 10.1. The number of aromatic amines is 1. The number of ether oxygens (including phenoxy) is 1. The molecule has 3 fully saturated rings. The van der Waals surface area contributed by atoms with Crippen LogP contribution >= 0.6 is 11.3 Å². The van der Waals surface area contributed by atoms with Gasteiger partial charge in [-0.3, -0.25) is 9.78 Å². The Morgan fingerprint density at radius 2 is 2.03 bits per heavy atom. The van der Waals surface area contributed by atoms with E-state index >= 15 is 0 Å². The number of nitrogens with one attached hydrogen (secondary N) is 3. The Labute approximate surface area is 177 Å². The van der Waals surface area contributed by atoms with Gasteiger partial charge in [0.2, 0.25) is 5.95 Å². The second-order valence-electron chi connectivity index (χ2n) is 8.30. The number of hydrogen-bond donors (Lipinski definition) is 3. The molecule has 3 N–H and O–H groups in total. The van der Waals surface area contributed by atoms with Gasteiger partial charge in [-0.25, -0.2) is 4.98 Å². The number of fused-ring (bicyclic) bond motifs is 3. The quantitative estimate of drug-likeness (QED) is 0.590. The van der Waals surface area contributed by atoms with Crippen LogP contribution in [0.5, 0.6) is 0 Å². The van der Waals surface area contributed by atoms with Gasteiger partial charge in [-0.1, -0.05) is 12.1 Å². The summed E-state index contributed by atoms with van der Waals surface area (Å²) in [5, 5.41) is 7.91. The summed E-state index contributed by atoms with van der Waals surface area (Å²) in [4.78, 5) is 28.0. The lowest BCUT2D eigenvalue weighted by Crippen LogP contribution is -2.42. The lowest BCUT2D eigenvalue weighted by Gasteiger charge is -2.29. The van der Waals surface area contributed by atoms with Gasteiger partial charge in [-0.2, -0.15) is 4.98 Å². The smallest absolute Gasteiger partial charge is 0.264 e. The third-order valence-electron chi connectivity index (χ3n) is 6.38. The van der Waals surface area contributed by atoms with Crippen molar-refractivity contribution in [2.45, 2.75) is 24.9 Å². The SMILES string of the molecule is O=c1[nH]c(N2CCOCC2)nc(NC2CC3CNC2C3)c1-c1nc2ccccc2s1. The molecule has 0 radical (unpaired) electrons. The molecule has 8 nitrogen and oxygen atoms in total. The Balaban J connectivity index is 1.44. The molecule has 30 heavy (non-hydrogen) atoms. The number of morpholine rings is 1. The van der Waals surface area contributed by atoms with Crippen LogP contribution in [0.1, 0.15) is 12.8 Å². The highest BCUT2D eigenvalue weighted by Crippen LogP contribution is 2.36. The van der Waals surface area contributed by atoms with Crippen molar-refractivity contribution in [1.29, 1.82) is 0 Å². The topological polar surface area (TPSA) is 95.2 Å². The Hall–Kier alpha value is -2.49. The summed E-state index contributed by atoms with van der Waals surface area (Å²) in [5.41, 5.74) is 1.29. The molecule has 3 unspecified atom stereocenters. The Kier molecular flexibility index (Phi) is 4.47. The molecule has 2 bridgehead atoms. The zero-order chi connectivity index (χ0) is 20.1. The van der Waals surface area contributed by atoms with E-state index in [1.807, 2.05) is 24.3 Å². The molecular formula is C21H24N6O2S. The molecular weight excluding hydrogens is 400 g/mol. The number of anilines is 2. The second-order valence-corrected chi connectivity index (χ2v) is 9.33. The first-order valence-corrected chi connectivity index (χ1v) is 11.4. The third kappa shape index (κ3) is 3.17. The average Bonchev–Trinajstić information content (AvgIpc) is 3.49. The van der Waals surface area contributed by atoms with Gasteiger partial charge < -0.3 is 20.3 Å². The predicted molar refractivity (Wildman–Crippen MR) is 118 cm³/mol. The molecule has 1 aromatic carbocycles. The van der Waals surface area contributed by atoms with E-state index in [2.05, 4.69) is 20.5 Å². The van der Waals surface area contributed by atoms with Crippen LogP contribution in [0.15, 0.2) is 29.1 Å². The van der Waals surface area contributed by atoms with Crippen LogP contribution in [-0.2, 0) is 4.74 Å². The summed E-state index contributed by atoms with van der Waals surface area (Å²) in [7, 11) is 0. The number of benzene rings is 1. The fourth-order valence-electron chi connectivity index (χ4n) is 4.86. The normalized spacial score (nSPS) is 25.9. The average molecular weight is 425 g/mol. The highest BCUT2D eigenvalue weighted by Gasteiger charge is 2.40. The minimum Gasteiger partial charge on any atom is -0.378 e. The van der Waals surface area contributed by atoms with Crippen LogP contribution in [0.3, 0.4) is 0 Å². The summed E-state index contributed by atoms with van der Waals surface area (Å²) < 4.78 is 6.52. The first kappa shape index (κ1) is 18.3. The number of para-hydroxylation sites is 1. The molecule has 0 spiro atoms. The van der Waals surface area contributed by atoms with Gasteiger partial charge in [0.05, 0.1) is 23.4 Å². The number of nitrogens with zero attached hydrogens (tertiary/aromatic N) is 3. The molecule has 2 saturated heterocycles. The molecule has 3 aromatic rings. The summed E-state index contributed by atoms with van der Waals surface area (Å²) in [6.07, 6.45) is 2.30. The third-order valence-corrected chi connectivity index (χ3v) is 7.43. The lowest BCUT2D eigenvalue weighted by molar-refractivity contribution is 0.122. The maximum Gasteiger partial charge on any atom is 0.264 e. The summed E-state index contributed by atoms with van der Waals surface area (Å²) in [5.74, 6) is 1.95. The van der Waals surface area contributed by atoms with Crippen molar-refractivity contribution >= 4 is 33.3 Å². The zero-order valence-corrected chi connectivity index (χ0v) is 17.4. The molecule has 4 heterocycles. The van der Waals surface area contributed by atoms with Crippen molar-refractivity contribution in [3.63, 3.8) is 0 Å². The van der Waals surface area contributed by atoms with Crippen LogP contribution < -0.4 is 21.1 Å². The molecule has 1 saturated carbocycles. The Morgan fingerprint density at radius 1 is 1.17 bits per heavy atom. The molecule has 156 valence electrons. The van der Waals surface area contributed by atoms with Crippen molar-refractivity contribution in [3.8, 4) is 10.6 Å².